The lowest BCUT2D eigenvalue weighted by atomic mass is 10.0. The second-order valence-corrected chi connectivity index (χ2v) is 9.64. The summed E-state index contributed by atoms with van der Waals surface area (Å²) in [5, 5.41) is 9.43. The van der Waals surface area contributed by atoms with Crippen LogP contribution in [0.15, 0.2) is 16.5 Å². The number of aliphatic hydroxyl groups excluding tert-OH is 1. The second kappa shape index (κ2) is 8.23. The molecule has 28 heavy (non-hydrogen) atoms. The zero-order valence-corrected chi connectivity index (χ0v) is 17.7. The Hall–Kier alpha value is -1.90. The Morgan fingerprint density at radius 2 is 2.04 bits per heavy atom. The minimum atomic E-state index is -3.00. The molecule has 3 rings (SSSR count). The van der Waals surface area contributed by atoms with Gasteiger partial charge in [-0.2, -0.15) is 0 Å². The van der Waals surface area contributed by atoms with Gasteiger partial charge in [-0.15, -0.1) is 0 Å². The first-order chi connectivity index (χ1) is 13.2. The SMILES string of the molecule is COc1cc(C)c(-c2nc(CN(CCO)C3CCS(=O)(=O)C3)c(C)o2)cc1C. The smallest absolute Gasteiger partial charge is 0.226 e. The Morgan fingerprint density at radius 3 is 2.64 bits per heavy atom. The number of hydrogen-bond acceptors (Lipinski definition) is 7. The average molecular weight is 409 g/mol. The molecule has 1 aromatic heterocycles. The average Bonchev–Trinajstić information content (AvgIpc) is 3.18. The Labute approximate surface area is 166 Å². The topological polar surface area (TPSA) is 92.9 Å². The third-order valence-corrected chi connectivity index (χ3v) is 7.08. The van der Waals surface area contributed by atoms with Gasteiger partial charge in [0.05, 0.1) is 30.9 Å². The molecule has 0 amide bonds. The van der Waals surface area contributed by atoms with Crippen molar-refractivity contribution in [2.45, 2.75) is 39.8 Å². The van der Waals surface area contributed by atoms with Gasteiger partial charge in [0, 0.05) is 24.7 Å². The summed E-state index contributed by atoms with van der Waals surface area (Å²) in [6.07, 6.45) is 0.586. The molecule has 0 spiro atoms. The number of nitrogens with zero attached hydrogens (tertiary/aromatic N) is 2. The number of sulfone groups is 1. The van der Waals surface area contributed by atoms with Crippen LogP contribution in [0.5, 0.6) is 5.75 Å². The maximum atomic E-state index is 11.8. The van der Waals surface area contributed by atoms with Gasteiger partial charge in [0.15, 0.2) is 9.84 Å². The van der Waals surface area contributed by atoms with Gasteiger partial charge in [0.1, 0.15) is 11.5 Å². The molecule has 1 unspecified atom stereocenters. The van der Waals surface area contributed by atoms with E-state index in [9.17, 15) is 13.5 Å². The van der Waals surface area contributed by atoms with Crippen LogP contribution in [-0.4, -0.2) is 61.2 Å². The molecule has 2 heterocycles. The van der Waals surface area contributed by atoms with E-state index >= 15 is 0 Å². The van der Waals surface area contributed by atoms with Gasteiger partial charge in [0.2, 0.25) is 5.89 Å². The van der Waals surface area contributed by atoms with E-state index in [-0.39, 0.29) is 24.2 Å². The van der Waals surface area contributed by atoms with E-state index in [0.29, 0.717) is 31.2 Å². The highest BCUT2D eigenvalue weighted by atomic mass is 32.2. The summed E-state index contributed by atoms with van der Waals surface area (Å²) in [4.78, 5) is 6.68. The molecule has 1 aromatic carbocycles. The van der Waals surface area contributed by atoms with Crippen molar-refractivity contribution < 1.29 is 22.7 Å². The third-order valence-electron chi connectivity index (χ3n) is 5.33. The summed E-state index contributed by atoms with van der Waals surface area (Å²) >= 11 is 0. The normalized spacial score (nSPS) is 18.7. The lowest BCUT2D eigenvalue weighted by Crippen LogP contribution is -2.38. The van der Waals surface area contributed by atoms with Crippen molar-refractivity contribution in [1.29, 1.82) is 0 Å². The van der Waals surface area contributed by atoms with Gasteiger partial charge in [-0.25, -0.2) is 13.4 Å². The molecule has 8 heteroatoms. The van der Waals surface area contributed by atoms with Crippen LogP contribution in [0.1, 0.15) is 29.0 Å². The van der Waals surface area contributed by atoms with Gasteiger partial charge in [0.25, 0.3) is 0 Å². The van der Waals surface area contributed by atoms with Crippen LogP contribution in [0.4, 0.5) is 0 Å². The van der Waals surface area contributed by atoms with Gasteiger partial charge in [-0.05, 0) is 50.5 Å². The zero-order chi connectivity index (χ0) is 20.5. The number of aryl methyl sites for hydroxylation is 3. The van der Waals surface area contributed by atoms with Gasteiger partial charge >= 0.3 is 0 Å². The van der Waals surface area contributed by atoms with Gasteiger partial charge < -0.3 is 14.3 Å². The molecular weight excluding hydrogens is 380 g/mol. The van der Waals surface area contributed by atoms with Crippen LogP contribution >= 0.6 is 0 Å². The molecule has 1 atom stereocenters. The van der Waals surface area contributed by atoms with Crippen LogP contribution in [0.3, 0.4) is 0 Å². The van der Waals surface area contributed by atoms with Crippen LogP contribution in [0.2, 0.25) is 0 Å². The van der Waals surface area contributed by atoms with Crippen LogP contribution in [0, 0.1) is 20.8 Å². The first-order valence-electron chi connectivity index (χ1n) is 9.41. The van der Waals surface area contributed by atoms with E-state index in [1.165, 1.54) is 0 Å². The Balaban J connectivity index is 1.86. The summed E-state index contributed by atoms with van der Waals surface area (Å²) in [6, 6.07) is 3.87. The quantitative estimate of drug-likeness (QED) is 0.751. The number of oxazole rings is 1. The molecular formula is C20H28N2O5S. The fourth-order valence-electron chi connectivity index (χ4n) is 3.70. The van der Waals surface area contributed by atoms with E-state index < -0.39 is 9.84 Å². The molecule has 1 aliphatic rings. The number of hydrogen-bond donors (Lipinski definition) is 1. The number of rotatable bonds is 7. The molecule has 7 nitrogen and oxygen atoms in total. The van der Waals surface area contributed by atoms with Crippen molar-refractivity contribution >= 4 is 9.84 Å². The number of aliphatic hydroxyl groups is 1. The second-order valence-electron chi connectivity index (χ2n) is 7.41. The summed E-state index contributed by atoms with van der Waals surface area (Å²) < 4.78 is 35.0. The fourth-order valence-corrected chi connectivity index (χ4v) is 5.47. The molecule has 0 aliphatic carbocycles. The van der Waals surface area contributed by atoms with Crippen molar-refractivity contribution in [1.82, 2.24) is 9.88 Å². The largest absolute Gasteiger partial charge is 0.496 e. The van der Waals surface area contributed by atoms with Crippen LogP contribution in [0.25, 0.3) is 11.5 Å². The summed E-state index contributed by atoms with van der Waals surface area (Å²) in [6.45, 7) is 6.64. The van der Waals surface area contributed by atoms with E-state index in [0.717, 1.165) is 28.1 Å². The molecule has 154 valence electrons. The zero-order valence-electron chi connectivity index (χ0n) is 16.9. The molecule has 0 bridgehead atoms. The molecule has 1 saturated heterocycles. The molecule has 1 aliphatic heterocycles. The van der Waals surface area contributed by atoms with Crippen molar-refractivity contribution in [3.63, 3.8) is 0 Å². The maximum Gasteiger partial charge on any atom is 0.226 e. The van der Waals surface area contributed by atoms with E-state index in [4.69, 9.17) is 9.15 Å². The predicted molar refractivity (Wildman–Crippen MR) is 107 cm³/mol. The monoisotopic (exact) mass is 408 g/mol. The number of methoxy groups -OCH3 is 1. The molecule has 0 saturated carbocycles. The van der Waals surface area contributed by atoms with Crippen molar-refractivity contribution in [3.05, 3.63) is 34.7 Å². The first-order valence-corrected chi connectivity index (χ1v) is 11.2. The molecule has 1 fully saturated rings. The van der Waals surface area contributed by atoms with Crippen LogP contribution in [-0.2, 0) is 16.4 Å². The minimum Gasteiger partial charge on any atom is -0.496 e. The van der Waals surface area contributed by atoms with Crippen LogP contribution < -0.4 is 4.74 Å². The molecule has 1 N–H and O–H groups in total. The van der Waals surface area contributed by atoms with Gasteiger partial charge in [-0.1, -0.05) is 0 Å². The minimum absolute atomic E-state index is 0.0307. The number of benzene rings is 1. The standard InChI is InChI=1S/C20H28N2O5S/c1-13-10-19(26-4)14(2)9-17(13)20-21-18(15(3)27-20)11-22(6-7-23)16-5-8-28(24,25)12-16/h9-10,16,23H,5-8,11-12H2,1-4H3. The molecule has 0 radical (unpaired) electrons. The van der Waals surface area contributed by atoms with Crippen molar-refractivity contribution in [2.24, 2.45) is 0 Å². The van der Waals surface area contributed by atoms with E-state index in [1.807, 2.05) is 37.8 Å². The fraction of sp³-hybridized carbons (Fsp3) is 0.550. The lowest BCUT2D eigenvalue weighted by molar-refractivity contribution is 0.152. The highest BCUT2D eigenvalue weighted by Crippen LogP contribution is 2.31. The predicted octanol–water partition coefficient (Wildman–Crippen LogP) is 2.26. The maximum absolute atomic E-state index is 11.8. The summed E-state index contributed by atoms with van der Waals surface area (Å²) in [5.41, 5.74) is 3.67. The Morgan fingerprint density at radius 1 is 1.29 bits per heavy atom. The Kier molecular flexibility index (Phi) is 6.12. The highest BCUT2D eigenvalue weighted by molar-refractivity contribution is 7.91. The van der Waals surface area contributed by atoms with E-state index in [1.54, 1.807) is 7.11 Å². The van der Waals surface area contributed by atoms with Gasteiger partial charge in [-0.3, -0.25) is 4.90 Å². The summed E-state index contributed by atoms with van der Waals surface area (Å²) in [7, 11) is -1.35. The number of ether oxygens (including phenoxy) is 1. The first kappa shape index (κ1) is 20.8. The van der Waals surface area contributed by atoms with Crippen molar-refractivity contribution in [3.8, 4) is 17.2 Å². The molecule has 2 aromatic rings. The number of aromatic nitrogens is 1. The third kappa shape index (κ3) is 4.39. The Bertz CT molecular complexity index is 952. The lowest BCUT2D eigenvalue weighted by Gasteiger charge is -2.26. The van der Waals surface area contributed by atoms with Crippen molar-refractivity contribution in [2.75, 3.05) is 31.8 Å². The highest BCUT2D eigenvalue weighted by Gasteiger charge is 2.32. The summed E-state index contributed by atoms with van der Waals surface area (Å²) in [5.74, 6) is 2.40. The van der Waals surface area contributed by atoms with E-state index in [2.05, 4.69) is 4.98 Å².